The first-order chi connectivity index (χ1) is 5.81. The van der Waals surface area contributed by atoms with Crippen LogP contribution in [0.5, 0.6) is 0 Å². The van der Waals surface area contributed by atoms with E-state index in [2.05, 4.69) is 6.58 Å². The molecule has 0 bridgehead atoms. The fourth-order valence-electron chi connectivity index (χ4n) is 0.786. The molecule has 1 atom stereocenters. The van der Waals surface area contributed by atoms with Crippen molar-refractivity contribution in [2.24, 2.45) is 5.73 Å². The van der Waals surface area contributed by atoms with Gasteiger partial charge in [0.2, 0.25) is 0 Å². The quantitative estimate of drug-likeness (QED) is 0.462. The SMILES string of the molecule is C=CCCCCC(N)CO.C=O. The Hall–Kier alpha value is -0.670. The molecule has 3 nitrogen and oxygen atoms in total. The van der Waals surface area contributed by atoms with Crippen LogP contribution in [0.3, 0.4) is 0 Å². The second kappa shape index (κ2) is 13.0. The first-order valence-corrected chi connectivity index (χ1v) is 4.07. The Bertz CT molecular complexity index is 96.5. The molecular formula is C9H19NO2. The second-order valence-electron chi connectivity index (χ2n) is 2.52. The predicted octanol–water partition coefficient (Wildman–Crippen LogP) is 0.867. The molecule has 0 aromatic rings. The molecule has 0 aromatic carbocycles. The van der Waals surface area contributed by atoms with E-state index in [1.807, 2.05) is 12.9 Å². The molecule has 0 saturated carbocycles. The van der Waals surface area contributed by atoms with Gasteiger partial charge in [-0.25, -0.2) is 0 Å². The van der Waals surface area contributed by atoms with Crippen LogP contribution in [0, 0.1) is 0 Å². The van der Waals surface area contributed by atoms with E-state index in [1.54, 1.807) is 0 Å². The smallest absolute Gasteiger partial charge is 0.106 e. The Balaban J connectivity index is 0. The van der Waals surface area contributed by atoms with Crippen molar-refractivity contribution in [2.75, 3.05) is 6.61 Å². The third kappa shape index (κ3) is 12.0. The van der Waals surface area contributed by atoms with Crippen LogP contribution in [-0.2, 0) is 4.79 Å². The molecule has 0 fully saturated rings. The molecule has 0 spiro atoms. The maximum atomic E-state index is 8.55. The standard InChI is InChI=1S/C8H17NO.CH2O/c1-2-3-4-5-6-8(9)7-10;1-2/h2,8,10H,1,3-7,9H2;1H2. The number of carbonyl (C=O) groups is 1. The number of unbranched alkanes of at least 4 members (excludes halogenated alkanes) is 2. The highest BCUT2D eigenvalue weighted by atomic mass is 16.3. The highest BCUT2D eigenvalue weighted by molar-refractivity contribution is 5.10. The largest absolute Gasteiger partial charge is 0.395 e. The fraction of sp³-hybridized carbons (Fsp3) is 0.667. The average molecular weight is 173 g/mol. The first-order valence-electron chi connectivity index (χ1n) is 4.07. The van der Waals surface area contributed by atoms with E-state index in [1.165, 1.54) is 0 Å². The Labute approximate surface area is 74.3 Å². The lowest BCUT2D eigenvalue weighted by Crippen LogP contribution is -2.23. The summed E-state index contributed by atoms with van der Waals surface area (Å²) in [7, 11) is 0. The van der Waals surface area contributed by atoms with Crippen LogP contribution in [0.15, 0.2) is 12.7 Å². The number of nitrogens with two attached hydrogens (primary N) is 1. The van der Waals surface area contributed by atoms with Crippen LogP contribution in [-0.4, -0.2) is 24.5 Å². The maximum absolute atomic E-state index is 8.55. The van der Waals surface area contributed by atoms with E-state index in [9.17, 15) is 0 Å². The van der Waals surface area contributed by atoms with Crippen molar-refractivity contribution in [3.63, 3.8) is 0 Å². The first kappa shape index (κ1) is 13.9. The van der Waals surface area contributed by atoms with Gasteiger partial charge in [-0.3, -0.25) is 0 Å². The zero-order valence-electron chi connectivity index (χ0n) is 7.54. The van der Waals surface area contributed by atoms with Gasteiger partial charge in [-0.05, 0) is 19.3 Å². The van der Waals surface area contributed by atoms with Crippen molar-refractivity contribution in [3.8, 4) is 0 Å². The molecule has 0 rings (SSSR count). The number of rotatable bonds is 6. The van der Waals surface area contributed by atoms with Crippen LogP contribution in [0.1, 0.15) is 25.7 Å². The summed E-state index contributed by atoms with van der Waals surface area (Å²) in [6.45, 7) is 5.72. The molecule has 3 N–H and O–H groups in total. The van der Waals surface area contributed by atoms with Crippen LogP contribution < -0.4 is 5.73 Å². The van der Waals surface area contributed by atoms with Gasteiger partial charge in [0.15, 0.2) is 0 Å². The molecule has 0 saturated heterocycles. The molecule has 12 heavy (non-hydrogen) atoms. The molecule has 0 radical (unpaired) electrons. The third-order valence-corrected chi connectivity index (χ3v) is 1.47. The maximum Gasteiger partial charge on any atom is 0.106 e. The van der Waals surface area contributed by atoms with Gasteiger partial charge in [0.05, 0.1) is 6.61 Å². The molecule has 72 valence electrons. The van der Waals surface area contributed by atoms with Crippen molar-refractivity contribution in [3.05, 3.63) is 12.7 Å². The zero-order valence-corrected chi connectivity index (χ0v) is 7.54. The second-order valence-corrected chi connectivity index (χ2v) is 2.52. The molecule has 0 aliphatic carbocycles. The van der Waals surface area contributed by atoms with Gasteiger partial charge < -0.3 is 15.6 Å². The Morgan fingerprint density at radius 1 is 1.42 bits per heavy atom. The van der Waals surface area contributed by atoms with Crippen LogP contribution >= 0.6 is 0 Å². The third-order valence-electron chi connectivity index (χ3n) is 1.47. The van der Waals surface area contributed by atoms with Gasteiger partial charge >= 0.3 is 0 Å². The summed E-state index contributed by atoms with van der Waals surface area (Å²) >= 11 is 0. The van der Waals surface area contributed by atoms with Crippen molar-refractivity contribution in [1.82, 2.24) is 0 Å². The molecule has 0 aromatic heterocycles. The topological polar surface area (TPSA) is 63.3 Å². The van der Waals surface area contributed by atoms with E-state index < -0.39 is 0 Å². The molecule has 0 aliphatic rings. The zero-order chi connectivity index (χ0) is 9.82. The van der Waals surface area contributed by atoms with Crippen molar-refractivity contribution < 1.29 is 9.90 Å². The summed E-state index contributed by atoms with van der Waals surface area (Å²) in [6.07, 6.45) is 6.11. The van der Waals surface area contributed by atoms with Gasteiger partial charge in [-0.2, -0.15) is 0 Å². The highest BCUT2D eigenvalue weighted by Gasteiger charge is 1.97. The van der Waals surface area contributed by atoms with E-state index in [-0.39, 0.29) is 12.6 Å². The van der Waals surface area contributed by atoms with Gasteiger partial charge in [-0.15, -0.1) is 6.58 Å². The molecule has 0 amide bonds. The lowest BCUT2D eigenvalue weighted by molar-refractivity contribution is -0.0979. The molecular weight excluding hydrogens is 154 g/mol. The Morgan fingerprint density at radius 3 is 2.42 bits per heavy atom. The summed E-state index contributed by atoms with van der Waals surface area (Å²) in [5, 5.41) is 8.55. The molecule has 1 unspecified atom stereocenters. The highest BCUT2D eigenvalue weighted by Crippen LogP contribution is 2.01. The van der Waals surface area contributed by atoms with Crippen molar-refractivity contribution >= 4 is 6.79 Å². The van der Waals surface area contributed by atoms with Gasteiger partial charge in [0.25, 0.3) is 0 Å². The summed E-state index contributed by atoms with van der Waals surface area (Å²) in [6, 6.07) is -0.0233. The number of aliphatic hydroxyl groups excluding tert-OH is 1. The van der Waals surface area contributed by atoms with Crippen LogP contribution in [0.2, 0.25) is 0 Å². The summed E-state index contributed by atoms with van der Waals surface area (Å²) in [5.74, 6) is 0. The molecule has 0 heterocycles. The van der Waals surface area contributed by atoms with E-state index in [4.69, 9.17) is 15.6 Å². The predicted molar refractivity (Wildman–Crippen MR) is 50.8 cm³/mol. The van der Waals surface area contributed by atoms with Gasteiger partial charge in [0, 0.05) is 6.04 Å². The lowest BCUT2D eigenvalue weighted by Gasteiger charge is -2.05. The van der Waals surface area contributed by atoms with E-state index >= 15 is 0 Å². The number of carbonyl (C=O) groups excluding carboxylic acids is 1. The minimum Gasteiger partial charge on any atom is -0.395 e. The minimum absolute atomic E-state index is 0.0233. The normalized spacial score (nSPS) is 11.2. The Kier molecular flexibility index (Phi) is 15.0. The summed E-state index contributed by atoms with van der Waals surface area (Å²) in [4.78, 5) is 8.00. The summed E-state index contributed by atoms with van der Waals surface area (Å²) in [5.41, 5.74) is 5.48. The number of aliphatic hydroxyl groups is 1. The molecule has 3 heteroatoms. The monoisotopic (exact) mass is 173 g/mol. The molecule has 0 aliphatic heterocycles. The van der Waals surface area contributed by atoms with Crippen LogP contribution in [0.4, 0.5) is 0 Å². The van der Waals surface area contributed by atoms with Crippen LogP contribution in [0.25, 0.3) is 0 Å². The van der Waals surface area contributed by atoms with E-state index in [0.29, 0.717) is 0 Å². The van der Waals surface area contributed by atoms with Crippen molar-refractivity contribution in [2.45, 2.75) is 31.7 Å². The van der Waals surface area contributed by atoms with E-state index in [0.717, 1.165) is 25.7 Å². The number of hydrogen-bond donors (Lipinski definition) is 2. The van der Waals surface area contributed by atoms with Crippen molar-refractivity contribution in [1.29, 1.82) is 0 Å². The van der Waals surface area contributed by atoms with Gasteiger partial charge in [0.1, 0.15) is 6.79 Å². The van der Waals surface area contributed by atoms with Gasteiger partial charge in [-0.1, -0.05) is 12.5 Å². The Morgan fingerprint density at radius 2 is 2.00 bits per heavy atom. The minimum atomic E-state index is -0.0233. The number of hydrogen-bond acceptors (Lipinski definition) is 3. The lowest BCUT2D eigenvalue weighted by atomic mass is 10.1. The fourth-order valence-corrected chi connectivity index (χ4v) is 0.786. The average Bonchev–Trinajstić information content (AvgIpc) is 2.15. The summed E-state index contributed by atoms with van der Waals surface area (Å²) < 4.78 is 0. The number of allylic oxidation sites excluding steroid dienone is 1.